The first kappa shape index (κ1) is 31.6. The molecule has 0 atom stereocenters. The van der Waals surface area contributed by atoms with E-state index >= 15 is 0 Å². The number of carboxylic acid groups (broad SMARTS) is 1. The number of amides is 2. The second kappa shape index (κ2) is 15.7. The number of aliphatic carboxylic acids is 1. The molecule has 1 heterocycles. The standard InChI is InChI=1S/C26H35N3O3.C2HF3O2/c1-3-4-18-32-24-10-8-23(9-11-24)26(31)29(20-22-7-5-6-21(2)19-22)15-12-25(30)28-16-13-27-14-17-28;3-2(4,5)1(6)7/h5-11,19,27H,3-4,12-18,20H2,1-2H3;(H,6,7). The quantitative estimate of drug-likeness (QED) is 0.428. The maximum Gasteiger partial charge on any atom is 0.490 e. The van der Waals surface area contributed by atoms with Crippen molar-refractivity contribution < 1.29 is 37.4 Å². The molecule has 0 radical (unpaired) electrons. The number of halogens is 3. The highest BCUT2D eigenvalue weighted by molar-refractivity contribution is 5.94. The topological polar surface area (TPSA) is 99.2 Å². The molecule has 2 amide bonds. The number of benzene rings is 2. The van der Waals surface area contributed by atoms with E-state index in [2.05, 4.69) is 18.3 Å². The van der Waals surface area contributed by atoms with Crippen LogP contribution in [0.4, 0.5) is 13.2 Å². The van der Waals surface area contributed by atoms with Crippen LogP contribution in [0.25, 0.3) is 0 Å². The molecule has 0 bridgehead atoms. The molecule has 214 valence electrons. The summed E-state index contributed by atoms with van der Waals surface area (Å²) < 4.78 is 37.5. The largest absolute Gasteiger partial charge is 0.494 e. The third-order valence-electron chi connectivity index (χ3n) is 5.92. The van der Waals surface area contributed by atoms with Gasteiger partial charge < -0.3 is 25.0 Å². The number of aryl methyl sites for hydroxylation is 1. The van der Waals surface area contributed by atoms with Gasteiger partial charge in [0.2, 0.25) is 5.91 Å². The van der Waals surface area contributed by atoms with Crippen LogP contribution in [0.3, 0.4) is 0 Å². The summed E-state index contributed by atoms with van der Waals surface area (Å²) in [4.78, 5) is 38.6. The summed E-state index contributed by atoms with van der Waals surface area (Å²) in [5, 5.41) is 10.4. The van der Waals surface area contributed by atoms with Crippen LogP contribution in [-0.2, 0) is 16.1 Å². The second-order valence-corrected chi connectivity index (χ2v) is 9.13. The molecule has 2 aromatic carbocycles. The van der Waals surface area contributed by atoms with Crippen molar-refractivity contribution in [1.29, 1.82) is 0 Å². The van der Waals surface area contributed by atoms with Crippen molar-refractivity contribution in [2.75, 3.05) is 39.3 Å². The number of unbranched alkanes of at least 4 members (excludes halogenated alkanes) is 1. The number of hydrogen-bond donors (Lipinski definition) is 2. The number of nitrogens with zero attached hydrogens (tertiary/aromatic N) is 2. The van der Waals surface area contributed by atoms with Crippen molar-refractivity contribution in [2.24, 2.45) is 0 Å². The van der Waals surface area contributed by atoms with E-state index in [1.54, 1.807) is 4.90 Å². The molecule has 0 spiro atoms. The van der Waals surface area contributed by atoms with Crippen LogP contribution in [0.15, 0.2) is 48.5 Å². The van der Waals surface area contributed by atoms with Crippen molar-refractivity contribution in [3.8, 4) is 5.75 Å². The molecule has 1 aliphatic rings. The zero-order chi connectivity index (χ0) is 28.8. The van der Waals surface area contributed by atoms with Gasteiger partial charge in [-0.25, -0.2) is 4.79 Å². The summed E-state index contributed by atoms with van der Waals surface area (Å²) in [7, 11) is 0. The molecule has 0 aromatic heterocycles. The molecule has 0 aliphatic carbocycles. The maximum atomic E-state index is 13.3. The average molecular weight is 552 g/mol. The molecule has 1 saturated heterocycles. The summed E-state index contributed by atoms with van der Waals surface area (Å²) >= 11 is 0. The van der Waals surface area contributed by atoms with Gasteiger partial charge in [-0.3, -0.25) is 9.59 Å². The molecule has 0 saturated carbocycles. The number of rotatable bonds is 10. The van der Waals surface area contributed by atoms with Crippen molar-refractivity contribution >= 4 is 17.8 Å². The molecular formula is C28H36F3N3O5. The van der Waals surface area contributed by atoms with Crippen LogP contribution < -0.4 is 10.1 Å². The summed E-state index contributed by atoms with van der Waals surface area (Å²) in [5.41, 5.74) is 2.82. The zero-order valence-corrected chi connectivity index (χ0v) is 22.3. The predicted molar refractivity (Wildman–Crippen MR) is 141 cm³/mol. The minimum atomic E-state index is -5.08. The van der Waals surface area contributed by atoms with E-state index in [9.17, 15) is 22.8 Å². The first-order chi connectivity index (χ1) is 18.5. The summed E-state index contributed by atoms with van der Waals surface area (Å²) in [5.74, 6) is -1.95. The molecule has 11 heteroatoms. The Bertz CT molecular complexity index is 1070. The monoisotopic (exact) mass is 551 g/mol. The minimum Gasteiger partial charge on any atom is -0.494 e. The van der Waals surface area contributed by atoms with E-state index < -0.39 is 12.1 Å². The molecule has 2 N–H and O–H groups in total. The average Bonchev–Trinajstić information content (AvgIpc) is 2.91. The smallest absolute Gasteiger partial charge is 0.490 e. The Labute approximate surface area is 226 Å². The predicted octanol–water partition coefficient (Wildman–Crippen LogP) is 4.27. The van der Waals surface area contributed by atoms with Crippen LogP contribution in [-0.4, -0.2) is 78.2 Å². The summed E-state index contributed by atoms with van der Waals surface area (Å²) in [6.07, 6.45) is -2.67. The summed E-state index contributed by atoms with van der Waals surface area (Å²) in [6, 6.07) is 15.5. The number of hydrogen-bond acceptors (Lipinski definition) is 5. The number of piperazine rings is 1. The van der Waals surface area contributed by atoms with Crippen molar-refractivity contribution in [3.05, 3.63) is 65.2 Å². The van der Waals surface area contributed by atoms with Gasteiger partial charge in [0.25, 0.3) is 5.91 Å². The Balaban J connectivity index is 0.000000673. The van der Waals surface area contributed by atoms with E-state index in [0.29, 0.717) is 31.7 Å². The summed E-state index contributed by atoms with van der Waals surface area (Å²) in [6.45, 7) is 8.82. The number of nitrogens with one attached hydrogen (secondary N) is 1. The number of carbonyl (C=O) groups is 3. The van der Waals surface area contributed by atoms with Crippen molar-refractivity contribution in [1.82, 2.24) is 15.1 Å². The van der Waals surface area contributed by atoms with E-state index in [4.69, 9.17) is 14.6 Å². The second-order valence-electron chi connectivity index (χ2n) is 9.13. The van der Waals surface area contributed by atoms with Crippen LogP contribution in [0.5, 0.6) is 5.75 Å². The normalized spacial score (nSPS) is 13.2. The lowest BCUT2D eigenvalue weighted by molar-refractivity contribution is -0.192. The number of ether oxygens (including phenoxy) is 1. The van der Waals surface area contributed by atoms with Crippen LogP contribution >= 0.6 is 0 Å². The van der Waals surface area contributed by atoms with Gasteiger partial charge in [0, 0.05) is 51.3 Å². The Hall–Kier alpha value is -3.60. The molecule has 2 aromatic rings. The Kier molecular flexibility index (Phi) is 12.7. The van der Waals surface area contributed by atoms with Crippen molar-refractivity contribution in [2.45, 2.75) is 45.8 Å². The third-order valence-corrected chi connectivity index (χ3v) is 5.92. The highest BCUT2D eigenvalue weighted by Gasteiger charge is 2.38. The van der Waals surface area contributed by atoms with E-state index in [0.717, 1.165) is 55.9 Å². The highest BCUT2D eigenvalue weighted by Crippen LogP contribution is 2.17. The number of carboxylic acids is 1. The molecule has 1 aliphatic heterocycles. The molecule has 3 rings (SSSR count). The highest BCUT2D eigenvalue weighted by atomic mass is 19.4. The molecule has 8 nitrogen and oxygen atoms in total. The third kappa shape index (κ3) is 11.4. The van der Waals surface area contributed by atoms with Gasteiger partial charge in [-0.2, -0.15) is 13.2 Å². The Morgan fingerprint density at radius 3 is 2.28 bits per heavy atom. The van der Waals surface area contributed by atoms with Gasteiger partial charge in [0.15, 0.2) is 0 Å². The van der Waals surface area contributed by atoms with E-state index in [1.807, 2.05) is 54.3 Å². The first-order valence-corrected chi connectivity index (χ1v) is 12.9. The number of carbonyl (C=O) groups excluding carboxylic acids is 2. The molecular weight excluding hydrogens is 515 g/mol. The van der Waals surface area contributed by atoms with Gasteiger partial charge in [-0.05, 0) is 43.2 Å². The lowest BCUT2D eigenvalue weighted by Crippen LogP contribution is -2.47. The van der Waals surface area contributed by atoms with Gasteiger partial charge >= 0.3 is 12.1 Å². The fourth-order valence-electron chi connectivity index (χ4n) is 3.80. The molecule has 1 fully saturated rings. The van der Waals surface area contributed by atoms with E-state index in [-0.39, 0.29) is 11.8 Å². The van der Waals surface area contributed by atoms with Gasteiger partial charge in [-0.15, -0.1) is 0 Å². The van der Waals surface area contributed by atoms with Gasteiger partial charge in [0.1, 0.15) is 5.75 Å². The SMILES string of the molecule is CCCCOc1ccc(C(=O)N(CCC(=O)N2CCNCC2)Cc2cccc(C)c2)cc1.O=C(O)C(F)(F)F. The van der Waals surface area contributed by atoms with Crippen molar-refractivity contribution in [3.63, 3.8) is 0 Å². The van der Waals surface area contributed by atoms with E-state index in [1.165, 1.54) is 0 Å². The van der Waals surface area contributed by atoms with Crippen LogP contribution in [0.2, 0.25) is 0 Å². The first-order valence-electron chi connectivity index (χ1n) is 12.9. The van der Waals surface area contributed by atoms with Gasteiger partial charge in [0.05, 0.1) is 6.61 Å². The molecule has 39 heavy (non-hydrogen) atoms. The molecule has 0 unspecified atom stereocenters. The lowest BCUT2D eigenvalue weighted by atomic mass is 10.1. The van der Waals surface area contributed by atoms with Crippen LogP contribution in [0.1, 0.15) is 47.7 Å². The number of alkyl halides is 3. The van der Waals surface area contributed by atoms with Crippen LogP contribution in [0, 0.1) is 6.92 Å². The van der Waals surface area contributed by atoms with Gasteiger partial charge in [-0.1, -0.05) is 43.2 Å². The Morgan fingerprint density at radius 1 is 1.08 bits per heavy atom. The maximum absolute atomic E-state index is 13.3. The lowest BCUT2D eigenvalue weighted by Gasteiger charge is -2.29. The Morgan fingerprint density at radius 2 is 1.72 bits per heavy atom. The zero-order valence-electron chi connectivity index (χ0n) is 22.3. The fourth-order valence-corrected chi connectivity index (χ4v) is 3.80. The minimum absolute atomic E-state index is 0.0697. The fraction of sp³-hybridized carbons (Fsp3) is 0.464.